The summed E-state index contributed by atoms with van der Waals surface area (Å²) in [5, 5.41) is 2.20. The van der Waals surface area contributed by atoms with E-state index in [1.165, 1.54) is 11.3 Å². The van der Waals surface area contributed by atoms with E-state index in [1.54, 1.807) is 0 Å². The number of benzene rings is 1. The number of nitrogens with one attached hydrogen (secondary N) is 1. The standard InChI is InChI=1S/C16H19N2O5.Fm/c19-12-17-9-14(20)18-8-4-7-15(18)22-11-16(21)23-10-13-5-2-1-3-6-13;/h1-3,5-6,15H,4,7-11H2,(H,17,19);/q-1;. The maximum absolute atomic E-state index is 11.9. The minimum absolute atomic E-state index is 0. The summed E-state index contributed by atoms with van der Waals surface area (Å²) >= 11 is 0. The first-order valence-corrected chi connectivity index (χ1v) is 7.41. The first-order chi connectivity index (χ1) is 11.2. The molecule has 1 aromatic rings. The van der Waals surface area contributed by atoms with E-state index in [9.17, 15) is 14.4 Å². The van der Waals surface area contributed by atoms with Gasteiger partial charge in [-0.05, 0) is 18.4 Å². The Labute approximate surface area is 134 Å². The summed E-state index contributed by atoms with van der Waals surface area (Å²) in [5.41, 5.74) is 0.898. The van der Waals surface area contributed by atoms with Crippen molar-refractivity contribution >= 4 is 18.3 Å². The van der Waals surface area contributed by atoms with Gasteiger partial charge in [0, 0.05) is 6.54 Å². The number of amides is 2. The molecule has 1 N–H and O–H groups in total. The monoisotopic (exact) mass is 576 g/mol. The Morgan fingerprint density at radius 1 is 1.29 bits per heavy atom. The minimum atomic E-state index is -0.479. The quantitative estimate of drug-likeness (QED) is 0.275. The van der Waals surface area contributed by atoms with E-state index < -0.39 is 12.2 Å². The van der Waals surface area contributed by atoms with Crippen LogP contribution in [0.2, 0.25) is 0 Å². The molecule has 1 atom stereocenters. The maximum Gasteiger partial charge on any atom is 0.332 e. The van der Waals surface area contributed by atoms with Crippen LogP contribution in [0.15, 0.2) is 30.3 Å². The van der Waals surface area contributed by atoms with Crippen molar-refractivity contribution in [1.29, 1.82) is 0 Å². The summed E-state index contributed by atoms with van der Waals surface area (Å²) in [6.45, 7) is 0.398. The molecule has 0 saturated carbocycles. The average molecular weight is 576 g/mol. The van der Waals surface area contributed by atoms with Crippen LogP contribution in [0.3, 0.4) is 0 Å². The summed E-state index contributed by atoms with van der Waals surface area (Å²) in [6, 6.07) is 9.35. The molecule has 2 rings (SSSR count). The molecule has 1 aliphatic heterocycles. The molecule has 8 heteroatoms. The van der Waals surface area contributed by atoms with Gasteiger partial charge < -0.3 is 24.5 Å². The minimum Gasteiger partial charge on any atom is -0.522 e. The van der Waals surface area contributed by atoms with Crippen LogP contribution in [0, 0.1) is 0 Å². The number of hydrogen-bond donors (Lipinski definition) is 1. The van der Waals surface area contributed by atoms with Gasteiger partial charge in [-0.2, -0.15) is 6.41 Å². The van der Waals surface area contributed by atoms with E-state index in [1.807, 2.05) is 30.3 Å². The van der Waals surface area contributed by atoms with Crippen molar-refractivity contribution in [2.75, 3.05) is 19.7 Å². The van der Waals surface area contributed by atoms with Crippen LogP contribution in [-0.4, -0.2) is 49.1 Å². The molecule has 7 nitrogen and oxygen atoms in total. The van der Waals surface area contributed by atoms with E-state index in [0.717, 1.165) is 12.0 Å². The van der Waals surface area contributed by atoms with Crippen LogP contribution in [0.4, 0.5) is 0 Å². The fraction of sp³-hybridized carbons (Fsp3) is 0.438. The number of esters is 1. The van der Waals surface area contributed by atoms with Gasteiger partial charge in [-0.1, -0.05) is 30.3 Å². The second-order valence-electron chi connectivity index (χ2n) is 5.10. The molecule has 1 heterocycles. The van der Waals surface area contributed by atoms with Crippen molar-refractivity contribution in [3.8, 4) is 0 Å². The summed E-state index contributed by atoms with van der Waals surface area (Å²) in [7, 11) is 0. The van der Waals surface area contributed by atoms with Gasteiger partial charge in [0.2, 0.25) is 5.91 Å². The Bertz CT molecular complexity index is 541. The van der Waals surface area contributed by atoms with Crippen LogP contribution in [0.1, 0.15) is 18.4 Å². The zero-order chi connectivity index (χ0) is 16.5. The molecule has 1 fully saturated rings. The summed E-state index contributed by atoms with van der Waals surface area (Å²) in [5.74, 6) is -0.735. The number of hydrogen-bond acceptors (Lipinski definition) is 5. The van der Waals surface area contributed by atoms with Crippen LogP contribution < -0.4 is 5.32 Å². The van der Waals surface area contributed by atoms with Crippen molar-refractivity contribution < 1.29 is 23.9 Å². The van der Waals surface area contributed by atoms with Crippen molar-refractivity contribution in [2.24, 2.45) is 0 Å². The molecule has 1 unspecified atom stereocenters. The van der Waals surface area contributed by atoms with E-state index in [2.05, 4.69) is 5.32 Å². The number of carbonyl (C=O) groups excluding carboxylic acids is 3. The van der Waals surface area contributed by atoms with Gasteiger partial charge >= 0.3 is 5.97 Å². The molecule has 0 aromatic heterocycles. The van der Waals surface area contributed by atoms with Gasteiger partial charge in [0.05, 0.1) is 6.54 Å². The largest absolute Gasteiger partial charge is 0.522 e. The smallest absolute Gasteiger partial charge is 0.332 e. The molecule has 0 radical (unpaired) electrons. The number of nitrogens with zero attached hydrogens (tertiary/aromatic N) is 1. The van der Waals surface area contributed by atoms with E-state index >= 15 is 0 Å². The van der Waals surface area contributed by atoms with E-state index in [-0.39, 0.29) is 25.7 Å². The predicted molar refractivity (Wildman–Crippen MR) is 80.6 cm³/mol. The van der Waals surface area contributed by atoms with Gasteiger partial charge in [0.1, 0.15) is 19.4 Å². The molecular formula is C16H19FmN2O5-. The fourth-order valence-electron chi connectivity index (χ4n) is 2.35. The second-order valence-corrected chi connectivity index (χ2v) is 5.10. The van der Waals surface area contributed by atoms with E-state index in [0.29, 0.717) is 13.0 Å². The van der Waals surface area contributed by atoms with Gasteiger partial charge in [-0.25, -0.2) is 4.79 Å². The fourth-order valence-corrected chi connectivity index (χ4v) is 2.35. The number of rotatable bonds is 8. The van der Waals surface area contributed by atoms with Crippen molar-refractivity contribution in [3.05, 3.63) is 35.9 Å². The number of likely N-dealkylation sites (tertiary alicyclic amines) is 1. The summed E-state index contributed by atoms with van der Waals surface area (Å²) in [4.78, 5) is 35.2. The third kappa shape index (κ3) is 5.42. The van der Waals surface area contributed by atoms with Crippen LogP contribution in [0.5, 0.6) is 0 Å². The third-order valence-corrected chi connectivity index (χ3v) is 3.47. The summed E-state index contributed by atoms with van der Waals surface area (Å²) in [6.07, 6.45) is 2.45. The zero-order valence-electron chi connectivity index (χ0n) is 13.0. The molecule has 136 valence electrons. The van der Waals surface area contributed by atoms with Crippen molar-refractivity contribution in [2.45, 2.75) is 25.7 Å². The first kappa shape index (κ1) is 18.6. The average Bonchev–Trinajstić information content (AvgIpc) is 3.05. The molecule has 0 aliphatic carbocycles. The Hall–Kier alpha value is -3.41. The molecule has 0 spiro atoms. The first-order valence-electron chi connectivity index (χ1n) is 7.41. The number of carbonyl (C=O) groups is 2. The number of ether oxygens (including phenoxy) is 2. The molecule has 24 heavy (non-hydrogen) atoms. The normalized spacial score (nSPS) is 16.2. The van der Waals surface area contributed by atoms with Crippen LogP contribution >= 0.6 is 0 Å². The second kappa shape index (κ2) is 9.58. The van der Waals surface area contributed by atoms with Gasteiger partial charge in [-0.15, -0.1) is 0 Å². The maximum atomic E-state index is 11.9. The molecular weight excluding hydrogens is 557 g/mol. The predicted octanol–water partition coefficient (Wildman–Crippen LogP) is 0.352. The molecule has 0 bridgehead atoms. The van der Waals surface area contributed by atoms with Gasteiger partial charge in [-0.3, -0.25) is 4.79 Å². The van der Waals surface area contributed by atoms with Crippen LogP contribution in [-0.2, 0) is 30.5 Å². The van der Waals surface area contributed by atoms with E-state index in [4.69, 9.17) is 9.47 Å². The topological polar surface area (TPSA) is 84.9 Å². The van der Waals surface area contributed by atoms with Gasteiger partial charge in [0.15, 0.2) is 0 Å². The molecule has 1 saturated heterocycles. The van der Waals surface area contributed by atoms with Gasteiger partial charge in [0.25, 0.3) is 0 Å². The SMILES string of the molecule is O=[C-]NCC(=O)N1CCCC1OCC(=O)OCc1ccccc1.[Fm]. The summed E-state index contributed by atoms with van der Waals surface area (Å²) < 4.78 is 10.6. The van der Waals surface area contributed by atoms with Crippen LogP contribution in [0.25, 0.3) is 0 Å². The molecule has 1 aromatic carbocycles. The van der Waals surface area contributed by atoms with Crippen molar-refractivity contribution in [3.63, 3.8) is 0 Å². The Morgan fingerprint density at radius 2 is 2.04 bits per heavy atom. The Kier molecular flexibility index (Phi) is 7.44. The molecule has 1 aliphatic rings. The Balaban J connectivity index is 0.00000288. The third-order valence-electron chi connectivity index (χ3n) is 3.47. The Morgan fingerprint density at radius 3 is 2.75 bits per heavy atom. The molecule has 2 amide bonds. The van der Waals surface area contributed by atoms with Crippen molar-refractivity contribution in [1.82, 2.24) is 10.2 Å². The zero-order valence-corrected chi connectivity index (χ0v) is 15.4.